The second-order valence-corrected chi connectivity index (χ2v) is 8.05. The number of halogens is 1. The second kappa shape index (κ2) is 8.37. The van der Waals surface area contributed by atoms with Crippen molar-refractivity contribution in [2.75, 3.05) is 5.75 Å². The Bertz CT molecular complexity index is 1280. The number of furan rings is 1. The Kier molecular flexibility index (Phi) is 5.65. The number of carbonyl (C=O) groups is 1. The summed E-state index contributed by atoms with van der Waals surface area (Å²) in [7, 11) is 0. The molecule has 30 heavy (non-hydrogen) atoms. The predicted molar refractivity (Wildman–Crippen MR) is 115 cm³/mol. The molecule has 0 bridgehead atoms. The number of benzene rings is 1. The molecule has 1 amide bonds. The summed E-state index contributed by atoms with van der Waals surface area (Å²) in [5.74, 6) is 0.635. The van der Waals surface area contributed by atoms with Gasteiger partial charge in [-0.3, -0.25) is 19.9 Å². The molecule has 1 aromatic carbocycles. The van der Waals surface area contributed by atoms with E-state index in [2.05, 4.69) is 20.5 Å². The van der Waals surface area contributed by atoms with E-state index in [4.69, 9.17) is 21.4 Å². The van der Waals surface area contributed by atoms with Crippen LogP contribution in [0.15, 0.2) is 46.2 Å². The van der Waals surface area contributed by atoms with E-state index in [1.165, 1.54) is 11.8 Å². The molecule has 0 aliphatic carbocycles. The summed E-state index contributed by atoms with van der Waals surface area (Å²) in [5, 5.41) is 20.3. The molecular formula is C20H19ClN6O2S. The van der Waals surface area contributed by atoms with Gasteiger partial charge < -0.3 is 9.73 Å². The minimum atomic E-state index is -0.170. The van der Waals surface area contributed by atoms with Gasteiger partial charge in [0.05, 0.1) is 29.6 Å². The highest BCUT2D eigenvalue weighted by atomic mass is 35.5. The SMILES string of the molecule is Cc1ccc(-n2c(SCC(=O)NCc3ccco3)nc3n[nH]c(C)c3c2=N)cc1Cl. The zero-order valence-electron chi connectivity index (χ0n) is 16.3. The number of aromatic amines is 1. The molecule has 10 heteroatoms. The first-order valence-corrected chi connectivity index (χ1v) is 10.5. The molecule has 4 aromatic rings. The van der Waals surface area contributed by atoms with Gasteiger partial charge in [0.15, 0.2) is 10.8 Å². The van der Waals surface area contributed by atoms with Crippen LogP contribution in [0.2, 0.25) is 5.02 Å². The third-order valence-electron chi connectivity index (χ3n) is 4.57. The van der Waals surface area contributed by atoms with Gasteiger partial charge in [0.25, 0.3) is 0 Å². The third-order valence-corrected chi connectivity index (χ3v) is 5.91. The van der Waals surface area contributed by atoms with Crippen molar-refractivity contribution >= 4 is 40.3 Å². The zero-order chi connectivity index (χ0) is 21.3. The summed E-state index contributed by atoms with van der Waals surface area (Å²) < 4.78 is 6.90. The molecular weight excluding hydrogens is 424 g/mol. The summed E-state index contributed by atoms with van der Waals surface area (Å²) >= 11 is 7.55. The number of aryl methyl sites for hydroxylation is 2. The Morgan fingerprint density at radius 2 is 2.20 bits per heavy atom. The second-order valence-electron chi connectivity index (χ2n) is 6.70. The number of thioether (sulfide) groups is 1. The monoisotopic (exact) mass is 442 g/mol. The third kappa shape index (κ3) is 3.99. The number of amides is 1. The first-order chi connectivity index (χ1) is 14.4. The van der Waals surface area contributed by atoms with Crippen LogP contribution in [0.5, 0.6) is 0 Å². The van der Waals surface area contributed by atoms with Gasteiger partial charge in [0.2, 0.25) is 5.91 Å². The molecule has 0 fully saturated rings. The number of carbonyl (C=O) groups excluding carboxylic acids is 1. The van der Waals surface area contributed by atoms with E-state index in [9.17, 15) is 4.79 Å². The van der Waals surface area contributed by atoms with Crippen molar-refractivity contribution in [2.24, 2.45) is 0 Å². The van der Waals surface area contributed by atoms with Crippen molar-refractivity contribution in [3.05, 3.63) is 64.1 Å². The van der Waals surface area contributed by atoms with Gasteiger partial charge in [-0.15, -0.1) is 0 Å². The van der Waals surface area contributed by atoms with E-state index in [1.54, 1.807) is 29.0 Å². The highest BCUT2D eigenvalue weighted by Crippen LogP contribution is 2.24. The lowest BCUT2D eigenvalue weighted by molar-refractivity contribution is -0.118. The maximum absolute atomic E-state index is 12.3. The van der Waals surface area contributed by atoms with Crippen LogP contribution in [0.25, 0.3) is 16.7 Å². The summed E-state index contributed by atoms with van der Waals surface area (Å²) in [6, 6.07) is 9.13. The van der Waals surface area contributed by atoms with Gasteiger partial charge in [-0.25, -0.2) is 4.98 Å². The molecule has 0 spiro atoms. The fraction of sp³-hybridized carbons (Fsp3) is 0.200. The molecule has 0 saturated carbocycles. The van der Waals surface area contributed by atoms with Crippen LogP contribution in [-0.4, -0.2) is 31.4 Å². The number of rotatable bonds is 6. The summed E-state index contributed by atoms with van der Waals surface area (Å²) in [6.45, 7) is 4.07. The molecule has 0 unspecified atom stereocenters. The smallest absolute Gasteiger partial charge is 0.230 e. The topological polar surface area (TPSA) is 113 Å². The standard InChI is InChI=1S/C20H19ClN6O2S/c1-11-5-6-13(8-15(11)21)27-18(22)17-12(2)25-26-19(17)24-20(27)30-10-16(28)23-9-14-4-3-7-29-14/h3-8,22H,9-10H2,1-2H3,(H,23,28)(H,25,26). The Morgan fingerprint density at radius 1 is 1.37 bits per heavy atom. The van der Waals surface area contributed by atoms with Crippen LogP contribution in [0.4, 0.5) is 0 Å². The molecule has 4 rings (SSSR count). The molecule has 0 aliphatic heterocycles. The maximum Gasteiger partial charge on any atom is 0.230 e. The summed E-state index contributed by atoms with van der Waals surface area (Å²) in [6.07, 6.45) is 1.56. The quantitative estimate of drug-likeness (QED) is 0.312. The van der Waals surface area contributed by atoms with E-state index < -0.39 is 0 Å². The number of nitrogens with one attached hydrogen (secondary N) is 3. The van der Waals surface area contributed by atoms with E-state index in [0.29, 0.717) is 39.2 Å². The van der Waals surface area contributed by atoms with Crippen molar-refractivity contribution in [2.45, 2.75) is 25.5 Å². The van der Waals surface area contributed by atoms with Crippen molar-refractivity contribution in [3.8, 4) is 5.69 Å². The van der Waals surface area contributed by atoms with Crippen LogP contribution in [0, 0.1) is 19.3 Å². The highest BCUT2D eigenvalue weighted by Gasteiger charge is 2.17. The summed E-state index contributed by atoms with van der Waals surface area (Å²) in [4.78, 5) is 16.9. The molecule has 0 atom stereocenters. The van der Waals surface area contributed by atoms with Crippen LogP contribution < -0.4 is 10.8 Å². The lowest BCUT2D eigenvalue weighted by Gasteiger charge is -2.14. The van der Waals surface area contributed by atoms with Gasteiger partial charge in [0, 0.05) is 10.7 Å². The molecule has 3 aromatic heterocycles. The highest BCUT2D eigenvalue weighted by molar-refractivity contribution is 7.99. The summed E-state index contributed by atoms with van der Waals surface area (Å²) in [5.41, 5.74) is 3.05. The van der Waals surface area contributed by atoms with Crippen LogP contribution in [0.3, 0.4) is 0 Å². The van der Waals surface area contributed by atoms with Gasteiger partial charge in [-0.2, -0.15) is 5.10 Å². The number of fused-ring (bicyclic) bond motifs is 1. The van der Waals surface area contributed by atoms with Gasteiger partial charge in [-0.05, 0) is 43.7 Å². The Labute approximate surface area is 181 Å². The number of hydrogen-bond acceptors (Lipinski definition) is 6. The fourth-order valence-electron chi connectivity index (χ4n) is 2.97. The van der Waals surface area contributed by atoms with Crippen molar-refractivity contribution < 1.29 is 9.21 Å². The zero-order valence-corrected chi connectivity index (χ0v) is 17.9. The normalized spacial score (nSPS) is 11.2. The molecule has 3 heterocycles. The maximum atomic E-state index is 12.3. The predicted octanol–water partition coefficient (Wildman–Crippen LogP) is 3.50. The van der Waals surface area contributed by atoms with E-state index >= 15 is 0 Å². The van der Waals surface area contributed by atoms with Gasteiger partial charge in [0.1, 0.15) is 11.2 Å². The molecule has 3 N–H and O–H groups in total. The first-order valence-electron chi connectivity index (χ1n) is 9.15. The van der Waals surface area contributed by atoms with Crippen LogP contribution >= 0.6 is 23.4 Å². The number of H-pyrrole nitrogens is 1. The van der Waals surface area contributed by atoms with E-state index in [0.717, 1.165) is 11.3 Å². The van der Waals surface area contributed by atoms with E-state index in [-0.39, 0.29) is 17.1 Å². The number of nitrogens with zero attached hydrogens (tertiary/aromatic N) is 3. The van der Waals surface area contributed by atoms with Gasteiger partial charge >= 0.3 is 0 Å². The van der Waals surface area contributed by atoms with Crippen molar-refractivity contribution in [1.29, 1.82) is 5.41 Å². The van der Waals surface area contributed by atoms with Crippen LogP contribution in [-0.2, 0) is 11.3 Å². The fourth-order valence-corrected chi connectivity index (χ4v) is 3.98. The average molecular weight is 443 g/mol. The Morgan fingerprint density at radius 3 is 2.93 bits per heavy atom. The average Bonchev–Trinajstić information content (AvgIpc) is 3.37. The lowest BCUT2D eigenvalue weighted by Crippen LogP contribution is -2.26. The Hall–Kier alpha value is -3.04. The minimum absolute atomic E-state index is 0.127. The lowest BCUT2D eigenvalue weighted by atomic mass is 10.2. The first kappa shape index (κ1) is 20.2. The molecule has 0 radical (unpaired) electrons. The largest absolute Gasteiger partial charge is 0.467 e. The number of hydrogen-bond donors (Lipinski definition) is 3. The molecule has 0 aliphatic rings. The number of aromatic nitrogens is 4. The van der Waals surface area contributed by atoms with Gasteiger partial charge in [-0.1, -0.05) is 29.4 Å². The van der Waals surface area contributed by atoms with Crippen LogP contribution in [0.1, 0.15) is 17.0 Å². The van der Waals surface area contributed by atoms with E-state index in [1.807, 2.05) is 26.0 Å². The molecule has 0 saturated heterocycles. The van der Waals surface area contributed by atoms with Crippen molar-refractivity contribution in [1.82, 2.24) is 25.1 Å². The Balaban J connectivity index is 1.66. The van der Waals surface area contributed by atoms with Crippen molar-refractivity contribution in [3.63, 3.8) is 0 Å². The minimum Gasteiger partial charge on any atom is -0.467 e. The molecule has 154 valence electrons. The molecule has 8 nitrogen and oxygen atoms in total.